The SMILES string of the molecule is Cc1ccc2c(c1)CCCN2C1CC(N)c2ccccc21. The van der Waals surface area contributed by atoms with Gasteiger partial charge in [-0.2, -0.15) is 0 Å². The predicted molar refractivity (Wildman–Crippen MR) is 87.6 cm³/mol. The van der Waals surface area contributed by atoms with Crippen molar-refractivity contribution in [2.45, 2.75) is 38.3 Å². The Balaban J connectivity index is 1.77. The Bertz CT molecular complexity index is 677. The molecule has 0 bridgehead atoms. The lowest BCUT2D eigenvalue weighted by atomic mass is 9.96. The van der Waals surface area contributed by atoms with Gasteiger partial charge in [-0.3, -0.25) is 0 Å². The Hall–Kier alpha value is -1.80. The van der Waals surface area contributed by atoms with Gasteiger partial charge < -0.3 is 10.6 Å². The van der Waals surface area contributed by atoms with Crippen molar-refractivity contribution >= 4 is 5.69 Å². The molecular weight excluding hydrogens is 256 g/mol. The zero-order valence-electron chi connectivity index (χ0n) is 12.5. The molecule has 1 aliphatic heterocycles. The summed E-state index contributed by atoms with van der Waals surface area (Å²) in [5.74, 6) is 0. The molecule has 2 unspecified atom stereocenters. The van der Waals surface area contributed by atoms with Crippen LogP contribution in [0.2, 0.25) is 0 Å². The van der Waals surface area contributed by atoms with Crippen LogP contribution < -0.4 is 10.6 Å². The Morgan fingerprint density at radius 1 is 1.10 bits per heavy atom. The number of aryl methyl sites for hydroxylation is 2. The van der Waals surface area contributed by atoms with Gasteiger partial charge in [0.25, 0.3) is 0 Å². The zero-order valence-corrected chi connectivity index (χ0v) is 12.5. The first-order chi connectivity index (χ1) is 10.2. The molecule has 0 spiro atoms. The van der Waals surface area contributed by atoms with Crippen LogP contribution in [0, 0.1) is 6.92 Å². The molecule has 1 aliphatic carbocycles. The number of hydrogen-bond acceptors (Lipinski definition) is 2. The van der Waals surface area contributed by atoms with Crippen LogP contribution in [-0.2, 0) is 6.42 Å². The average Bonchev–Trinajstić information content (AvgIpc) is 2.84. The highest BCUT2D eigenvalue weighted by Crippen LogP contribution is 2.44. The molecule has 4 rings (SSSR count). The third kappa shape index (κ3) is 2.06. The molecule has 108 valence electrons. The van der Waals surface area contributed by atoms with E-state index < -0.39 is 0 Å². The van der Waals surface area contributed by atoms with E-state index in [0.717, 1.165) is 13.0 Å². The maximum absolute atomic E-state index is 6.36. The maximum atomic E-state index is 6.36. The number of fused-ring (bicyclic) bond motifs is 2. The fourth-order valence-electron chi connectivity index (χ4n) is 4.02. The van der Waals surface area contributed by atoms with E-state index in [0.29, 0.717) is 6.04 Å². The van der Waals surface area contributed by atoms with Gasteiger partial charge in [-0.05, 0) is 48.9 Å². The summed E-state index contributed by atoms with van der Waals surface area (Å²) in [6.07, 6.45) is 3.48. The molecule has 0 saturated carbocycles. The summed E-state index contributed by atoms with van der Waals surface area (Å²) in [7, 11) is 0. The minimum atomic E-state index is 0.182. The molecule has 0 amide bonds. The number of anilines is 1. The molecule has 21 heavy (non-hydrogen) atoms. The molecular formula is C19H22N2. The first kappa shape index (κ1) is 12.9. The van der Waals surface area contributed by atoms with Crippen LogP contribution in [0.1, 0.15) is 47.2 Å². The number of nitrogens with zero attached hydrogens (tertiary/aromatic N) is 1. The molecule has 1 heterocycles. The van der Waals surface area contributed by atoms with Crippen LogP contribution in [-0.4, -0.2) is 6.54 Å². The summed E-state index contributed by atoms with van der Waals surface area (Å²) in [6.45, 7) is 3.32. The number of benzene rings is 2. The standard InChI is InChI=1S/C19H22N2/c1-13-8-9-18-14(11-13)5-4-10-21(18)19-12-17(20)15-6-2-3-7-16(15)19/h2-3,6-9,11,17,19H,4-5,10,12,20H2,1H3. The first-order valence-corrected chi connectivity index (χ1v) is 7.94. The first-order valence-electron chi connectivity index (χ1n) is 7.94. The summed E-state index contributed by atoms with van der Waals surface area (Å²) in [5, 5.41) is 0. The molecule has 2 heteroatoms. The molecule has 0 saturated heterocycles. The van der Waals surface area contributed by atoms with Gasteiger partial charge in [0.05, 0.1) is 6.04 Å². The van der Waals surface area contributed by atoms with E-state index in [1.807, 2.05) is 0 Å². The van der Waals surface area contributed by atoms with Crippen LogP contribution in [0.25, 0.3) is 0 Å². The molecule has 2 aromatic rings. The van der Waals surface area contributed by atoms with E-state index in [1.54, 1.807) is 0 Å². The topological polar surface area (TPSA) is 29.3 Å². The molecule has 0 aromatic heterocycles. The van der Waals surface area contributed by atoms with E-state index in [1.165, 1.54) is 40.8 Å². The molecule has 2 aliphatic rings. The van der Waals surface area contributed by atoms with Crippen molar-refractivity contribution in [3.8, 4) is 0 Å². The lowest BCUT2D eigenvalue weighted by molar-refractivity contribution is 0.542. The van der Waals surface area contributed by atoms with Crippen molar-refractivity contribution in [1.29, 1.82) is 0 Å². The summed E-state index contributed by atoms with van der Waals surface area (Å²) in [5.41, 5.74) is 13.4. The zero-order chi connectivity index (χ0) is 14.4. The molecule has 2 atom stereocenters. The van der Waals surface area contributed by atoms with Gasteiger partial charge in [0.15, 0.2) is 0 Å². The molecule has 2 aromatic carbocycles. The quantitative estimate of drug-likeness (QED) is 0.857. The van der Waals surface area contributed by atoms with Crippen LogP contribution in [0.4, 0.5) is 5.69 Å². The monoisotopic (exact) mass is 278 g/mol. The third-order valence-corrected chi connectivity index (χ3v) is 5.00. The fourth-order valence-corrected chi connectivity index (χ4v) is 4.02. The third-order valence-electron chi connectivity index (χ3n) is 5.00. The van der Waals surface area contributed by atoms with E-state index in [9.17, 15) is 0 Å². The predicted octanol–water partition coefficient (Wildman–Crippen LogP) is 3.89. The molecule has 2 N–H and O–H groups in total. The molecule has 0 radical (unpaired) electrons. The smallest absolute Gasteiger partial charge is 0.0563 e. The molecule has 0 fully saturated rings. The Morgan fingerprint density at radius 2 is 1.90 bits per heavy atom. The van der Waals surface area contributed by atoms with Crippen molar-refractivity contribution in [2.24, 2.45) is 5.73 Å². The second kappa shape index (κ2) is 4.88. The van der Waals surface area contributed by atoms with Gasteiger partial charge in [0, 0.05) is 18.3 Å². The molecule has 2 nitrogen and oxygen atoms in total. The second-order valence-electron chi connectivity index (χ2n) is 6.42. The van der Waals surface area contributed by atoms with Gasteiger partial charge in [-0.1, -0.05) is 42.0 Å². The van der Waals surface area contributed by atoms with Crippen LogP contribution in [0.5, 0.6) is 0 Å². The summed E-state index contributed by atoms with van der Waals surface area (Å²) in [4.78, 5) is 2.59. The minimum Gasteiger partial charge on any atom is -0.364 e. The summed E-state index contributed by atoms with van der Waals surface area (Å²) >= 11 is 0. The van der Waals surface area contributed by atoms with Crippen molar-refractivity contribution < 1.29 is 0 Å². The lowest BCUT2D eigenvalue weighted by Gasteiger charge is -2.37. The van der Waals surface area contributed by atoms with Crippen LogP contribution in [0.15, 0.2) is 42.5 Å². The number of hydrogen-bond donors (Lipinski definition) is 1. The summed E-state index contributed by atoms with van der Waals surface area (Å²) in [6, 6.07) is 16.2. The van der Waals surface area contributed by atoms with Gasteiger partial charge in [-0.15, -0.1) is 0 Å². The Labute approximate surface area is 126 Å². The largest absolute Gasteiger partial charge is 0.364 e. The highest BCUT2D eigenvalue weighted by Gasteiger charge is 2.34. The Morgan fingerprint density at radius 3 is 2.76 bits per heavy atom. The van der Waals surface area contributed by atoms with Crippen LogP contribution >= 0.6 is 0 Å². The van der Waals surface area contributed by atoms with E-state index in [-0.39, 0.29) is 6.04 Å². The number of rotatable bonds is 1. The van der Waals surface area contributed by atoms with Crippen molar-refractivity contribution in [3.63, 3.8) is 0 Å². The average molecular weight is 278 g/mol. The summed E-state index contributed by atoms with van der Waals surface area (Å²) < 4.78 is 0. The van der Waals surface area contributed by atoms with E-state index in [2.05, 4.69) is 54.3 Å². The normalized spacial score (nSPS) is 23.8. The van der Waals surface area contributed by atoms with E-state index >= 15 is 0 Å². The lowest BCUT2D eigenvalue weighted by Crippen LogP contribution is -2.32. The van der Waals surface area contributed by atoms with Crippen LogP contribution in [0.3, 0.4) is 0 Å². The van der Waals surface area contributed by atoms with Crippen molar-refractivity contribution in [2.75, 3.05) is 11.4 Å². The van der Waals surface area contributed by atoms with Gasteiger partial charge in [0.2, 0.25) is 0 Å². The van der Waals surface area contributed by atoms with Gasteiger partial charge >= 0.3 is 0 Å². The number of nitrogens with two attached hydrogens (primary N) is 1. The minimum absolute atomic E-state index is 0.182. The van der Waals surface area contributed by atoms with Crippen molar-refractivity contribution in [3.05, 3.63) is 64.7 Å². The highest BCUT2D eigenvalue weighted by atomic mass is 15.2. The maximum Gasteiger partial charge on any atom is 0.0563 e. The van der Waals surface area contributed by atoms with Crippen molar-refractivity contribution in [1.82, 2.24) is 0 Å². The van der Waals surface area contributed by atoms with E-state index in [4.69, 9.17) is 5.73 Å². The van der Waals surface area contributed by atoms with Gasteiger partial charge in [0.1, 0.15) is 0 Å². The Kier molecular flexibility index (Phi) is 3.00. The second-order valence-corrected chi connectivity index (χ2v) is 6.42. The van der Waals surface area contributed by atoms with Gasteiger partial charge in [-0.25, -0.2) is 0 Å². The highest BCUT2D eigenvalue weighted by molar-refractivity contribution is 5.59. The fraction of sp³-hybridized carbons (Fsp3) is 0.368.